The molecule has 0 spiro atoms. The summed E-state index contributed by atoms with van der Waals surface area (Å²) in [4.78, 5) is 33.9. The van der Waals surface area contributed by atoms with Crippen molar-refractivity contribution < 1.29 is 23.2 Å². The van der Waals surface area contributed by atoms with Gasteiger partial charge in [-0.25, -0.2) is 18.5 Å². The van der Waals surface area contributed by atoms with Gasteiger partial charge in [0, 0.05) is 0 Å². The van der Waals surface area contributed by atoms with E-state index in [0.717, 1.165) is 18.2 Å². The van der Waals surface area contributed by atoms with Gasteiger partial charge in [0.2, 0.25) is 11.8 Å². The number of barbiturate groups is 1. The fourth-order valence-corrected chi connectivity index (χ4v) is 1.48. The van der Waals surface area contributed by atoms with Crippen molar-refractivity contribution in [3.8, 4) is 0 Å². The second-order valence-corrected chi connectivity index (χ2v) is 3.33. The molecule has 1 aromatic rings. The summed E-state index contributed by atoms with van der Waals surface area (Å²) < 4.78 is 26.8. The monoisotopic (exact) mass is 240 g/mol. The fourth-order valence-electron chi connectivity index (χ4n) is 1.48. The third-order valence-corrected chi connectivity index (χ3v) is 2.17. The molecule has 7 heteroatoms. The number of rotatable bonds is 1. The molecule has 0 bridgehead atoms. The van der Waals surface area contributed by atoms with Crippen molar-refractivity contribution in [3.63, 3.8) is 0 Å². The van der Waals surface area contributed by atoms with E-state index >= 15 is 0 Å². The molecule has 1 N–H and O–H groups in total. The average molecular weight is 240 g/mol. The van der Waals surface area contributed by atoms with Crippen LogP contribution in [-0.4, -0.2) is 17.8 Å². The van der Waals surface area contributed by atoms with Crippen LogP contribution < -0.4 is 10.2 Å². The van der Waals surface area contributed by atoms with E-state index in [0.29, 0.717) is 0 Å². The molecule has 1 saturated heterocycles. The van der Waals surface area contributed by atoms with Crippen molar-refractivity contribution in [2.75, 3.05) is 4.90 Å². The lowest BCUT2D eigenvalue weighted by atomic mass is 10.2. The lowest BCUT2D eigenvalue weighted by Gasteiger charge is -2.25. The molecule has 0 aliphatic carbocycles. The molecule has 4 amide bonds. The van der Waals surface area contributed by atoms with Gasteiger partial charge in [0.15, 0.2) is 0 Å². The second-order valence-electron chi connectivity index (χ2n) is 3.33. The van der Waals surface area contributed by atoms with Gasteiger partial charge in [0.05, 0.1) is 0 Å². The fraction of sp³-hybridized carbons (Fsp3) is 0.100. The number of hydrogen-bond acceptors (Lipinski definition) is 3. The number of nitrogens with one attached hydrogen (secondary N) is 1. The Kier molecular flexibility index (Phi) is 2.58. The van der Waals surface area contributed by atoms with Gasteiger partial charge in [0.1, 0.15) is 23.7 Å². The summed E-state index contributed by atoms with van der Waals surface area (Å²) in [5.74, 6) is -3.87. The number of anilines is 1. The molecular formula is C10H6F2N2O3. The average Bonchev–Trinajstić information content (AvgIpc) is 2.21. The number of carbonyl (C=O) groups excluding carboxylic acids is 3. The second kappa shape index (κ2) is 3.93. The maximum atomic E-state index is 13.4. The minimum Gasteiger partial charge on any atom is -0.277 e. The van der Waals surface area contributed by atoms with Gasteiger partial charge in [-0.2, -0.15) is 0 Å². The standard InChI is InChI=1S/C10H6F2N2O3/c11-5-2-1-3-6(12)9(5)14-8(16)4-7(15)13-10(14)17/h1-3H,4H2,(H,13,15,17). The number of hydrogen-bond donors (Lipinski definition) is 1. The third kappa shape index (κ3) is 1.86. The topological polar surface area (TPSA) is 66.5 Å². The van der Waals surface area contributed by atoms with Crippen LogP contribution in [0.2, 0.25) is 0 Å². The summed E-state index contributed by atoms with van der Waals surface area (Å²) in [6.45, 7) is 0. The molecule has 0 saturated carbocycles. The minimum absolute atomic E-state index is 0.284. The van der Waals surface area contributed by atoms with Crippen molar-refractivity contribution in [1.82, 2.24) is 5.32 Å². The number of para-hydroxylation sites is 1. The Balaban J connectivity index is 2.49. The Labute approximate surface area is 94.0 Å². The van der Waals surface area contributed by atoms with E-state index in [1.807, 2.05) is 0 Å². The minimum atomic E-state index is -1.16. The van der Waals surface area contributed by atoms with Crippen LogP contribution in [0, 0.1) is 11.6 Å². The first-order chi connectivity index (χ1) is 8.00. The Morgan fingerprint density at radius 1 is 1.12 bits per heavy atom. The number of halogens is 2. The van der Waals surface area contributed by atoms with Crippen LogP contribution in [0.3, 0.4) is 0 Å². The van der Waals surface area contributed by atoms with Crippen LogP contribution in [0.5, 0.6) is 0 Å². The molecule has 17 heavy (non-hydrogen) atoms. The van der Waals surface area contributed by atoms with E-state index in [2.05, 4.69) is 0 Å². The zero-order valence-electron chi connectivity index (χ0n) is 8.37. The molecule has 0 radical (unpaired) electrons. The van der Waals surface area contributed by atoms with Gasteiger partial charge >= 0.3 is 6.03 Å². The smallest absolute Gasteiger partial charge is 0.277 e. The highest BCUT2D eigenvalue weighted by molar-refractivity contribution is 6.26. The Hall–Kier alpha value is -2.31. The van der Waals surface area contributed by atoms with Crippen molar-refractivity contribution in [2.24, 2.45) is 0 Å². The number of nitrogens with zero attached hydrogens (tertiary/aromatic N) is 1. The molecule has 1 fully saturated rings. The normalized spacial score (nSPS) is 16.1. The molecule has 1 aliphatic rings. The van der Waals surface area contributed by atoms with E-state index in [-0.39, 0.29) is 4.90 Å². The maximum absolute atomic E-state index is 13.4. The van der Waals surface area contributed by atoms with E-state index < -0.39 is 41.6 Å². The van der Waals surface area contributed by atoms with Crippen LogP contribution in [0.25, 0.3) is 0 Å². The van der Waals surface area contributed by atoms with Gasteiger partial charge < -0.3 is 0 Å². The van der Waals surface area contributed by atoms with E-state index in [1.54, 1.807) is 5.32 Å². The summed E-state index contributed by atoms with van der Waals surface area (Å²) in [5, 5.41) is 1.81. The molecule has 1 aromatic carbocycles. The lowest BCUT2D eigenvalue weighted by Crippen LogP contribution is -2.53. The van der Waals surface area contributed by atoms with Crippen LogP contribution in [0.4, 0.5) is 19.3 Å². The van der Waals surface area contributed by atoms with Crippen LogP contribution in [0.15, 0.2) is 18.2 Å². The van der Waals surface area contributed by atoms with E-state index in [1.165, 1.54) is 0 Å². The molecular weight excluding hydrogens is 234 g/mol. The van der Waals surface area contributed by atoms with Crippen molar-refractivity contribution in [1.29, 1.82) is 0 Å². The first kappa shape index (κ1) is 11.2. The van der Waals surface area contributed by atoms with E-state index in [4.69, 9.17) is 0 Å². The molecule has 0 unspecified atom stereocenters. The molecule has 88 valence electrons. The lowest BCUT2D eigenvalue weighted by molar-refractivity contribution is -0.128. The van der Waals surface area contributed by atoms with Gasteiger partial charge in [-0.15, -0.1) is 0 Å². The zero-order valence-corrected chi connectivity index (χ0v) is 8.37. The highest BCUT2D eigenvalue weighted by atomic mass is 19.1. The molecule has 5 nitrogen and oxygen atoms in total. The van der Waals surface area contributed by atoms with Crippen molar-refractivity contribution in [3.05, 3.63) is 29.8 Å². The van der Waals surface area contributed by atoms with E-state index in [9.17, 15) is 23.2 Å². The molecule has 2 rings (SSSR count). The van der Waals surface area contributed by atoms with Crippen molar-refractivity contribution in [2.45, 2.75) is 6.42 Å². The summed E-state index contributed by atoms with van der Waals surface area (Å²) >= 11 is 0. The van der Waals surface area contributed by atoms with Crippen molar-refractivity contribution >= 4 is 23.5 Å². The number of amides is 4. The van der Waals surface area contributed by atoms with Gasteiger partial charge in [-0.05, 0) is 12.1 Å². The summed E-state index contributed by atoms with van der Waals surface area (Å²) in [6, 6.07) is 1.77. The SMILES string of the molecule is O=C1CC(=O)N(c2c(F)cccc2F)C(=O)N1. The first-order valence-electron chi connectivity index (χ1n) is 4.61. The molecule has 0 aromatic heterocycles. The molecule has 1 aliphatic heterocycles. The molecule has 1 heterocycles. The number of carbonyl (C=O) groups is 3. The predicted octanol–water partition coefficient (Wildman–Crippen LogP) is 0.938. The summed E-state index contributed by atoms with van der Waals surface area (Å²) in [5.41, 5.74) is -0.775. The van der Waals surface area contributed by atoms with Crippen LogP contribution >= 0.6 is 0 Å². The largest absolute Gasteiger partial charge is 0.335 e. The van der Waals surface area contributed by atoms with Crippen LogP contribution in [-0.2, 0) is 9.59 Å². The highest BCUT2D eigenvalue weighted by Gasteiger charge is 2.35. The number of imide groups is 2. The summed E-state index contributed by atoms with van der Waals surface area (Å²) in [7, 11) is 0. The number of benzene rings is 1. The summed E-state index contributed by atoms with van der Waals surface area (Å²) in [6.07, 6.45) is -0.625. The number of urea groups is 1. The first-order valence-corrected chi connectivity index (χ1v) is 4.61. The highest BCUT2D eigenvalue weighted by Crippen LogP contribution is 2.25. The Morgan fingerprint density at radius 3 is 2.24 bits per heavy atom. The van der Waals surface area contributed by atoms with Gasteiger partial charge in [0.25, 0.3) is 0 Å². The quantitative estimate of drug-likeness (QED) is 0.743. The third-order valence-electron chi connectivity index (χ3n) is 2.17. The predicted molar refractivity (Wildman–Crippen MR) is 52.0 cm³/mol. The zero-order chi connectivity index (χ0) is 12.6. The maximum Gasteiger partial charge on any atom is 0.335 e. The Bertz CT molecular complexity index is 490. The molecule has 0 atom stereocenters. The van der Waals surface area contributed by atoms with Gasteiger partial charge in [-0.1, -0.05) is 6.07 Å². The van der Waals surface area contributed by atoms with Gasteiger partial charge in [-0.3, -0.25) is 14.9 Å². The Morgan fingerprint density at radius 2 is 1.71 bits per heavy atom. The van der Waals surface area contributed by atoms with Crippen LogP contribution in [0.1, 0.15) is 6.42 Å².